The first-order chi connectivity index (χ1) is 34.8. The highest BCUT2D eigenvalue weighted by Gasteiger charge is 2.28. The molecule has 0 heterocycles. The zero-order valence-electron chi connectivity index (χ0n) is 39.8. The van der Waals surface area contributed by atoms with Crippen molar-refractivity contribution in [1.82, 2.24) is 4.48 Å². The van der Waals surface area contributed by atoms with E-state index >= 15 is 0 Å². The molecule has 0 aliphatic carbocycles. The first-order valence-electron chi connectivity index (χ1n) is 24.8. The molecule has 16 rings (SSSR count). The molecule has 0 atom stereocenters. The zero-order valence-corrected chi connectivity index (χ0v) is 40.5. The number of nitrogens with zero attached hydrogens (tertiary/aromatic N) is 1. The molecular formula is C70H44ClN. The molecule has 0 saturated carbocycles. The van der Waals surface area contributed by atoms with Crippen LogP contribution in [0.15, 0.2) is 231 Å². The SMILES string of the molecule is C[N+](C)(c1cccc2cc3cc4cc5cc6cc7cc8ccccc8cc7cc6cc5cc4cc3cc12)c1cccc2cc3cc4cc5cc6cc7cc8ccccc8cc7cc6cc5cc4cc3cc12.[Cl-]. The maximum Gasteiger partial charge on any atom is 0.145 e. The molecule has 0 radical (unpaired) electrons. The molecule has 1 nitrogen and oxygen atoms in total. The lowest BCUT2D eigenvalue weighted by Crippen LogP contribution is -3.00. The van der Waals surface area contributed by atoms with E-state index in [1.165, 1.54) is 162 Å². The summed E-state index contributed by atoms with van der Waals surface area (Å²) in [6.45, 7) is 0. The largest absolute Gasteiger partial charge is 1.00 e. The predicted molar refractivity (Wildman–Crippen MR) is 311 cm³/mol. The molecule has 0 aliphatic heterocycles. The summed E-state index contributed by atoms with van der Waals surface area (Å²) in [6.07, 6.45) is 0. The van der Waals surface area contributed by atoms with Crippen molar-refractivity contribution in [2.45, 2.75) is 0 Å². The van der Waals surface area contributed by atoms with Crippen LogP contribution in [0.2, 0.25) is 0 Å². The lowest BCUT2D eigenvalue weighted by Gasteiger charge is -2.31. The van der Waals surface area contributed by atoms with Crippen LogP contribution in [0.1, 0.15) is 0 Å². The van der Waals surface area contributed by atoms with Gasteiger partial charge in [-0.05, 0) is 286 Å². The first-order valence-corrected chi connectivity index (χ1v) is 24.8. The number of hydrogen-bond acceptors (Lipinski definition) is 0. The van der Waals surface area contributed by atoms with Gasteiger partial charge in [-0.25, -0.2) is 0 Å². The van der Waals surface area contributed by atoms with E-state index in [4.69, 9.17) is 0 Å². The molecule has 16 aromatic rings. The number of hydrogen-bond donors (Lipinski definition) is 0. The Kier molecular flexibility index (Phi) is 8.57. The standard InChI is InChI=1S/C70H44N.ClH/c1-71(2,69-15-7-13-45-21-51-27-57-33-59-29-53-23-47-17-41-9-3-5-11-43(41)19-49(47)25-55(53)31-61(59)35-63(57)37-65(51)39-67(45)69)70-16-8-14-46-22-52-28-58-34-60-30-54-24-48-18-42-10-4-6-12-44(42)20-50(48)26-56(54)32-62(60)36-64(58)38-66(52)40-68(46)70;/h3-40H,1-2H3;1H/q+1;/p-1. The number of fused-ring (bicyclic) bond motifs is 14. The second-order valence-corrected chi connectivity index (χ2v) is 20.8. The van der Waals surface area contributed by atoms with Crippen LogP contribution in [0.3, 0.4) is 0 Å². The summed E-state index contributed by atoms with van der Waals surface area (Å²) < 4.78 is 0.608. The minimum Gasteiger partial charge on any atom is -1.00 e. The van der Waals surface area contributed by atoms with E-state index < -0.39 is 0 Å². The molecular weight excluding hydrogens is 890 g/mol. The molecule has 2 heteroatoms. The number of quaternary nitrogens is 1. The highest BCUT2D eigenvalue weighted by atomic mass is 35.5. The summed E-state index contributed by atoms with van der Waals surface area (Å²) in [5.74, 6) is 0. The second-order valence-electron chi connectivity index (χ2n) is 20.8. The smallest absolute Gasteiger partial charge is 0.145 e. The molecule has 0 amide bonds. The van der Waals surface area contributed by atoms with Gasteiger partial charge in [0.25, 0.3) is 0 Å². The van der Waals surface area contributed by atoms with Gasteiger partial charge in [-0.15, -0.1) is 0 Å². The van der Waals surface area contributed by atoms with Crippen molar-refractivity contribution in [3.8, 4) is 0 Å². The molecule has 0 saturated heterocycles. The Morgan fingerprint density at radius 3 is 0.569 bits per heavy atom. The van der Waals surface area contributed by atoms with Gasteiger partial charge in [0.15, 0.2) is 0 Å². The van der Waals surface area contributed by atoms with Gasteiger partial charge in [-0.1, -0.05) is 72.8 Å². The van der Waals surface area contributed by atoms with E-state index in [9.17, 15) is 0 Å². The summed E-state index contributed by atoms with van der Waals surface area (Å²) in [5, 5.41) is 35.6. The quantitative estimate of drug-likeness (QED) is 0.120. The maximum atomic E-state index is 2.44. The fourth-order valence-electron chi connectivity index (χ4n) is 12.5. The molecule has 0 aromatic heterocycles. The van der Waals surface area contributed by atoms with Gasteiger partial charge in [0.1, 0.15) is 11.4 Å². The van der Waals surface area contributed by atoms with Crippen LogP contribution in [0.5, 0.6) is 0 Å². The molecule has 0 N–H and O–H groups in total. The molecule has 72 heavy (non-hydrogen) atoms. The van der Waals surface area contributed by atoms with E-state index in [2.05, 4.69) is 245 Å². The third-order valence-electron chi connectivity index (χ3n) is 16.2. The van der Waals surface area contributed by atoms with Crippen LogP contribution in [0.4, 0.5) is 11.4 Å². The molecule has 336 valence electrons. The summed E-state index contributed by atoms with van der Waals surface area (Å²) in [7, 11) is 4.70. The minimum atomic E-state index is 0. The summed E-state index contributed by atoms with van der Waals surface area (Å²) >= 11 is 0. The lowest BCUT2D eigenvalue weighted by atomic mass is 9.94. The number of benzene rings is 16. The molecule has 16 aromatic carbocycles. The van der Waals surface area contributed by atoms with Crippen LogP contribution >= 0.6 is 0 Å². The van der Waals surface area contributed by atoms with Crippen molar-refractivity contribution >= 4 is 162 Å². The summed E-state index contributed by atoms with van der Waals surface area (Å²) in [5.41, 5.74) is 2.56. The van der Waals surface area contributed by atoms with Crippen LogP contribution in [-0.4, -0.2) is 14.1 Å². The third kappa shape index (κ3) is 6.25. The van der Waals surface area contributed by atoms with Gasteiger partial charge in [-0.2, -0.15) is 0 Å². The molecule has 0 spiro atoms. The van der Waals surface area contributed by atoms with Gasteiger partial charge in [0, 0.05) is 22.9 Å². The Morgan fingerprint density at radius 2 is 0.347 bits per heavy atom. The second kappa shape index (κ2) is 15.0. The predicted octanol–water partition coefficient (Wildman–Crippen LogP) is 16.7. The molecule has 0 unspecified atom stereocenters. The zero-order chi connectivity index (χ0) is 46.7. The normalized spacial score (nSPS) is 12.5. The lowest BCUT2D eigenvalue weighted by molar-refractivity contribution is -0.0000130. The fourth-order valence-corrected chi connectivity index (χ4v) is 12.5. The van der Waals surface area contributed by atoms with Gasteiger partial charge in [0.05, 0.1) is 14.1 Å². The monoisotopic (exact) mass is 933 g/mol. The van der Waals surface area contributed by atoms with Crippen LogP contribution in [0.25, 0.3) is 151 Å². The Balaban J connectivity index is 0.00000462. The van der Waals surface area contributed by atoms with Crippen molar-refractivity contribution in [2.24, 2.45) is 0 Å². The number of halogens is 1. The number of rotatable bonds is 2. The van der Waals surface area contributed by atoms with Crippen molar-refractivity contribution in [3.05, 3.63) is 231 Å². The molecule has 0 bridgehead atoms. The third-order valence-corrected chi connectivity index (χ3v) is 16.2. The van der Waals surface area contributed by atoms with Crippen molar-refractivity contribution in [1.29, 1.82) is 0 Å². The van der Waals surface area contributed by atoms with Crippen molar-refractivity contribution in [3.63, 3.8) is 0 Å². The van der Waals surface area contributed by atoms with Crippen molar-refractivity contribution < 1.29 is 12.4 Å². The first kappa shape index (κ1) is 41.2. The average molecular weight is 935 g/mol. The molecule has 0 fully saturated rings. The van der Waals surface area contributed by atoms with E-state index in [1.807, 2.05) is 0 Å². The van der Waals surface area contributed by atoms with Crippen LogP contribution in [-0.2, 0) is 0 Å². The Hall–Kier alpha value is -8.59. The highest BCUT2D eigenvalue weighted by molar-refractivity contribution is 6.16. The molecule has 0 aliphatic rings. The van der Waals surface area contributed by atoms with Crippen molar-refractivity contribution in [2.75, 3.05) is 14.1 Å². The maximum absolute atomic E-state index is 2.44. The average Bonchev–Trinajstić information content (AvgIpc) is 3.38. The van der Waals surface area contributed by atoms with E-state index in [1.54, 1.807) is 0 Å². The van der Waals surface area contributed by atoms with Gasteiger partial charge >= 0.3 is 0 Å². The summed E-state index contributed by atoms with van der Waals surface area (Å²) in [4.78, 5) is 0. The topological polar surface area (TPSA) is 0 Å². The minimum absolute atomic E-state index is 0. The van der Waals surface area contributed by atoms with E-state index in [0.29, 0.717) is 4.48 Å². The van der Waals surface area contributed by atoms with Gasteiger partial charge in [0.2, 0.25) is 0 Å². The van der Waals surface area contributed by atoms with Gasteiger partial charge in [-0.3, -0.25) is 4.48 Å². The van der Waals surface area contributed by atoms with Crippen LogP contribution in [0, 0.1) is 0 Å². The summed E-state index contributed by atoms with van der Waals surface area (Å²) in [6, 6.07) is 88.0. The Labute approximate surface area is 421 Å². The van der Waals surface area contributed by atoms with Crippen LogP contribution < -0.4 is 16.9 Å². The van der Waals surface area contributed by atoms with E-state index in [-0.39, 0.29) is 12.4 Å². The fraction of sp³-hybridized carbons (Fsp3) is 0.0286. The van der Waals surface area contributed by atoms with E-state index in [0.717, 1.165) is 0 Å². The Bertz CT molecular complexity index is 4770. The Morgan fingerprint density at radius 1 is 0.181 bits per heavy atom. The van der Waals surface area contributed by atoms with Gasteiger partial charge < -0.3 is 12.4 Å². The highest BCUT2D eigenvalue weighted by Crippen LogP contribution is 2.44.